The Balaban J connectivity index is 1.61. The maximum absolute atomic E-state index is 12.7. The Morgan fingerprint density at radius 2 is 1.81 bits per heavy atom. The number of H-pyrrole nitrogens is 2. The normalized spacial score (nSPS) is 12.4. The van der Waals surface area contributed by atoms with E-state index in [4.69, 9.17) is 5.73 Å². The standard InChI is InChI=1S/C20H17BrN4O2/c21-11-5-6-13-14(9-24-17(13)7-11)18(8-22)25-20(27)19(26)15-10-23-16-4-2-1-3-12(15)16/h1-7,9-10,18,23-24H,8,22H2,(H,25,27)/t18-/m1/s1. The van der Waals surface area contributed by atoms with Crippen LogP contribution in [-0.4, -0.2) is 28.2 Å². The molecule has 7 heteroatoms. The highest BCUT2D eigenvalue weighted by molar-refractivity contribution is 9.10. The van der Waals surface area contributed by atoms with Crippen molar-refractivity contribution in [2.45, 2.75) is 6.04 Å². The SMILES string of the molecule is NC[C@@H](NC(=O)C(=O)c1c[nH]c2ccccc12)c1c[nH]c2cc(Br)ccc12. The number of amides is 1. The number of hydrogen-bond donors (Lipinski definition) is 4. The highest BCUT2D eigenvalue weighted by Gasteiger charge is 2.24. The number of ketones is 1. The maximum atomic E-state index is 12.7. The summed E-state index contributed by atoms with van der Waals surface area (Å²) in [7, 11) is 0. The number of hydrogen-bond acceptors (Lipinski definition) is 3. The number of aromatic nitrogens is 2. The molecule has 4 aromatic rings. The summed E-state index contributed by atoms with van der Waals surface area (Å²) in [4.78, 5) is 31.4. The van der Waals surface area contributed by atoms with Gasteiger partial charge in [0.15, 0.2) is 0 Å². The third-order valence-electron chi connectivity index (χ3n) is 4.63. The van der Waals surface area contributed by atoms with Crippen LogP contribution >= 0.6 is 15.9 Å². The van der Waals surface area contributed by atoms with Gasteiger partial charge in [-0.05, 0) is 18.2 Å². The second kappa shape index (κ2) is 7.02. The van der Waals surface area contributed by atoms with Gasteiger partial charge < -0.3 is 21.0 Å². The van der Waals surface area contributed by atoms with E-state index in [2.05, 4.69) is 31.2 Å². The lowest BCUT2D eigenvalue weighted by atomic mass is 10.0. The molecule has 0 radical (unpaired) electrons. The average molecular weight is 425 g/mol. The lowest BCUT2D eigenvalue weighted by Crippen LogP contribution is -2.37. The molecule has 0 spiro atoms. The number of rotatable bonds is 5. The molecule has 0 saturated carbocycles. The summed E-state index contributed by atoms with van der Waals surface area (Å²) in [6.07, 6.45) is 3.37. The molecule has 136 valence electrons. The number of fused-ring (bicyclic) bond motifs is 2. The van der Waals surface area contributed by atoms with Crippen LogP contribution in [-0.2, 0) is 4.79 Å². The van der Waals surface area contributed by atoms with Crippen LogP contribution in [0.25, 0.3) is 21.8 Å². The summed E-state index contributed by atoms with van der Waals surface area (Å²) in [6, 6.07) is 12.7. The number of para-hydroxylation sites is 1. The van der Waals surface area contributed by atoms with E-state index in [0.717, 1.165) is 31.8 Å². The third-order valence-corrected chi connectivity index (χ3v) is 5.13. The van der Waals surface area contributed by atoms with Crippen LogP contribution in [0.5, 0.6) is 0 Å². The van der Waals surface area contributed by atoms with Gasteiger partial charge in [0.1, 0.15) is 0 Å². The first-order chi connectivity index (χ1) is 13.1. The van der Waals surface area contributed by atoms with Gasteiger partial charge >= 0.3 is 0 Å². The van der Waals surface area contributed by atoms with Gasteiger partial charge in [-0.3, -0.25) is 9.59 Å². The summed E-state index contributed by atoms with van der Waals surface area (Å²) in [5, 5.41) is 4.44. The second-order valence-corrected chi connectivity index (χ2v) is 7.19. The summed E-state index contributed by atoms with van der Waals surface area (Å²) >= 11 is 3.43. The smallest absolute Gasteiger partial charge is 0.293 e. The van der Waals surface area contributed by atoms with Gasteiger partial charge in [-0.1, -0.05) is 40.2 Å². The summed E-state index contributed by atoms with van der Waals surface area (Å²) < 4.78 is 0.950. The van der Waals surface area contributed by atoms with Crippen LogP contribution in [0.2, 0.25) is 0 Å². The molecule has 27 heavy (non-hydrogen) atoms. The van der Waals surface area contributed by atoms with Gasteiger partial charge in [0.25, 0.3) is 11.7 Å². The van der Waals surface area contributed by atoms with E-state index < -0.39 is 17.7 Å². The van der Waals surface area contributed by atoms with Crippen molar-refractivity contribution >= 4 is 49.4 Å². The van der Waals surface area contributed by atoms with Crippen LogP contribution in [0.1, 0.15) is 22.0 Å². The highest BCUT2D eigenvalue weighted by atomic mass is 79.9. The minimum absolute atomic E-state index is 0.177. The van der Waals surface area contributed by atoms with Gasteiger partial charge in [-0.25, -0.2) is 0 Å². The third kappa shape index (κ3) is 3.15. The lowest BCUT2D eigenvalue weighted by Gasteiger charge is -2.16. The molecule has 2 heterocycles. The second-order valence-electron chi connectivity index (χ2n) is 6.27. The summed E-state index contributed by atoms with van der Waals surface area (Å²) in [5.41, 5.74) is 8.82. The van der Waals surface area contributed by atoms with Crippen LogP contribution in [0, 0.1) is 0 Å². The minimum Gasteiger partial charge on any atom is -0.361 e. The molecule has 0 aliphatic carbocycles. The van der Waals surface area contributed by atoms with Crippen LogP contribution in [0.3, 0.4) is 0 Å². The van der Waals surface area contributed by atoms with E-state index in [1.165, 1.54) is 0 Å². The highest BCUT2D eigenvalue weighted by Crippen LogP contribution is 2.26. The average Bonchev–Trinajstić information content (AvgIpc) is 3.29. The zero-order chi connectivity index (χ0) is 19.0. The summed E-state index contributed by atoms with van der Waals surface area (Å²) in [5.74, 6) is -1.27. The zero-order valence-corrected chi connectivity index (χ0v) is 15.8. The number of aromatic amines is 2. The van der Waals surface area contributed by atoms with Crippen molar-refractivity contribution in [3.63, 3.8) is 0 Å². The molecule has 0 saturated heterocycles. The lowest BCUT2D eigenvalue weighted by molar-refractivity contribution is -0.117. The fraction of sp³-hybridized carbons (Fsp3) is 0.100. The van der Waals surface area contributed by atoms with Crippen molar-refractivity contribution < 1.29 is 9.59 Å². The number of halogens is 1. The summed E-state index contributed by atoms with van der Waals surface area (Å²) in [6.45, 7) is 0.177. The topological polar surface area (TPSA) is 104 Å². The van der Waals surface area contributed by atoms with Gasteiger partial charge in [0.05, 0.1) is 11.6 Å². The van der Waals surface area contributed by atoms with E-state index in [9.17, 15) is 9.59 Å². The largest absolute Gasteiger partial charge is 0.361 e. The number of Topliss-reactive ketones (excluding diaryl/α,β-unsaturated/α-hetero) is 1. The number of benzene rings is 2. The number of nitrogens with one attached hydrogen (secondary N) is 3. The first-order valence-electron chi connectivity index (χ1n) is 8.46. The quantitative estimate of drug-likeness (QED) is 0.291. The Morgan fingerprint density at radius 3 is 2.63 bits per heavy atom. The Hall–Kier alpha value is -2.90. The van der Waals surface area contributed by atoms with E-state index in [1.807, 2.05) is 48.7 Å². The predicted octanol–water partition coefficient (Wildman–Crippen LogP) is 3.41. The molecule has 0 aliphatic heterocycles. The Kier molecular flexibility index (Phi) is 4.55. The molecule has 1 atom stereocenters. The van der Waals surface area contributed by atoms with Crippen LogP contribution < -0.4 is 11.1 Å². The number of nitrogens with two attached hydrogens (primary N) is 1. The Bertz CT molecular complexity index is 1160. The van der Waals surface area contributed by atoms with Crippen molar-refractivity contribution in [3.05, 3.63) is 70.5 Å². The van der Waals surface area contributed by atoms with E-state index in [0.29, 0.717) is 5.56 Å². The number of carbonyl (C=O) groups excluding carboxylic acids is 2. The zero-order valence-electron chi connectivity index (χ0n) is 14.3. The van der Waals surface area contributed by atoms with Crippen molar-refractivity contribution in [1.82, 2.24) is 15.3 Å². The molecule has 5 N–H and O–H groups in total. The van der Waals surface area contributed by atoms with E-state index in [1.54, 1.807) is 6.20 Å². The van der Waals surface area contributed by atoms with Gasteiger partial charge in [0, 0.05) is 50.8 Å². The van der Waals surface area contributed by atoms with E-state index >= 15 is 0 Å². The molecule has 0 bridgehead atoms. The monoisotopic (exact) mass is 424 g/mol. The molecule has 4 rings (SSSR count). The minimum atomic E-state index is -0.679. The molecule has 0 unspecified atom stereocenters. The first-order valence-corrected chi connectivity index (χ1v) is 9.25. The fourth-order valence-corrected chi connectivity index (χ4v) is 3.64. The predicted molar refractivity (Wildman–Crippen MR) is 109 cm³/mol. The van der Waals surface area contributed by atoms with Gasteiger partial charge in [-0.15, -0.1) is 0 Å². The van der Waals surface area contributed by atoms with Crippen molar-refractivity contribution in [3.8, 4) is 0 Å². The molecule has 6 nitrogen and oxygen atoms in total. The molecule has 2 aromatic heterocycles. The first kappa shape index (κ1) is 17.5. The van der Waals surface area contributed by atoms with Gasteiger partial charge in [-0.2, -0.15) is 0 Å². The number of carbonyl (C=O) groups is 2. The van der Waals surface area contributed by atoms with E-state index in [-0.39, 0.29) is 6.54 Å². The molecular weight excluding hydrogens is 408 g/mol. The maximum Gasteiger partial charge on any atom is 0.293 e. The van der Waals surface area contributed by atoms with Crippen molar-refractivity contribution in [1.29, 1.82) is 0 Å². The molecule has 0 aliphatic rings. The Labute approximate surface area is 163 Å². The van der Waals surface area contributed by atoms with Crippen molar-refractivity contribution in [2.75, 3.05) is 6.54 Å². The van der Waals surface area contributed by atoms with Crippen LogP contribution in [0.15, 0.2) is 59.3 Å². The Morgan fingerprint density at radius 1 is 1.04 bits per heavy atom. The molecule has 2 aromatic carbocycles. The van der Waals surface area contributed by atoms with Gasteiger partial charge in [0.2, 0.25) is 0 Å². The fourth-order valence-electron chi connectivity index (χ4n) is 3.28. The van der Waals surface area contributed by atoms with Crippen molar-refractivity contribution in [2.24, 2.45) is 5.73 Å². The van der Waals surface area contributed by atoms with Crippen LogP contribution in [0.4, 0.5) is 0 Å². The molecule has 1 amide bonds. The molecular formula is C20H17BrN4O2. The molecule has 0 fully saturated rings.